The summed E-state index contributed by atoms with van der Waals surface area (Å²) in [6, 6.07) is 25.0. The van der Waals surface area contributed by atoms with E-state index in [1.165, 1.54) is 6.34 Å². The summed E-state index contributed by atoms with van der Waals surface area (Å²) in [6.07, 6.45) is -3.27. The van der Waals surface area contributed by atoms with Gasteiger partial charge < -0.3 is 35.3 Å². The fourth-order valence-electron chi connectivity index (χ4n) is 6.52. The third kappa shape index (κ3) is 3.78. The molecule has 3 aromatic rings. The summed E-state index contributed by atoms with van der Waals surface area (Å²) < 4.78 is 17.9. The molecule has 3 heterocycles. The predicted octanol–water partition coefficient (Wildman–Crippen LogP) is 1.29. The Kier molecular flexibility index (Phi) is 7.19. The summed E-state index contributed by atoms with van der Waals surface area (Å²) in [5.74, 6) is 1.67. The van der Waals surface area contributed by atoms with Crippen molar-refractivity contribution in [1.82, 2.24) is 4.90 Å². The number of nitrogens with zero attached hydrogens (tertiary/aromatic N) is 4. The molecule has 5 atom stereocenters. The highest BCUT2D eigenvalue weighted by atomic mass is 16.6. The molecular weight excluding hydrogens is 538 g/mol. The van der Waals surface area contributed by atoms with Gasteiger partial charge in [0.2, 0.25) is 0 Å². The second-order valence-corrected chi connectivity index (χ2v) is 10.3. The first-order chi connectivity index (χ1) is 20.4. The van der Waals surface area contributed by atoms with Crippen molar-refractivity contribution in [2.75, 3.05) is 27.5 Å². The van der Waals surface area contributed by atoms with Crippen molar-refractivity contribution >= 4 is 18.0 Å². The van der Waals surface area contributed by atoms with Crippen molar-refractivity contribution < 1.29 is 29.5 Å². The molecule has 0 saturated carbocycles. The molecule has 1 saturated heterocycles. The van der Waals surface area contributed by atoms with E-state index >= 15 is 0 Å². The maximum Gasteiger partial charge on any atom is 0.194 e. The minimum atomic E-state index is -1.53. The largest absolute Gasteiger partial charge is 0.496 e. The number of ether oxygens (including phenoxy) is 3. The van der Waals surface area contributed by atoms with Crippen LogP contribution in [0.2, 0.25) is 0 Å². The van der Waals surface area contributed by atoms with Crippen molar-refractivity contribution in [3.05, 3.63) is 95.6 Å². The van der Waals surface area contributed by atoms with Crippen LogP contribution in [-0.4, -0.2) is 95.8 Å². The minimum absolute atomic E-state index is 0.0142. The zero-order chi connectivity index (χ0) is 29.5. The van der Waals surface area contributed by atoms with Gasteiger partial charge in [-0.3, -0.25) is 9.89 Å². The van der Waals surface area contributed by atoms with Gasteiger partial charge >= 0.3 is 0 Å². The summed E-state index contributed by atoms with van der Waals surface area (Å²) in [5, 5.41) is 31.4. The highest BCUT2D eigenvalue weighted by Gasteiger charge is 2.67. The number of aliphatic imine (C=N–C) groups is 3. The number of fused-ring (bicyclic) bond motifs is 1. The van der Waals surface area contributed by atoms with Crippen LogP contribution in [0.5, 0.6) is 11.5 Å². The van der Waals surface area contributed by atoms with Gasteiger partial charge in [0, 0.05) is 11.1 Å². The van der Waals surface area contributed by atoms with Gasteiger partial charge in [-0.05, 0) is 17.7 Å². The van der Waals surface area contributed by atoms with E-state index in [4.69, 9.17) is 29.9 Å². The SMILES string of the molecule is COc1ccccc1C(c1ccccc1)(c1ccccc1OC)C12N=CN([C@@H]3O[C@H](CO)[C@@H](O)[C@H]3O)C1=NCN=C2N. The van der Waals surface area contributed by atoms with Gasteiger partial charge in [-0.1, -0.05) is 66.7 Å². The molecule has 11 heteroatoms. The van der Waals surface area contributed by atoms with E-state index in [-0.39, 0.29) is 12.5 Å². The molecule has 5 N–H and O–H groups in total. The lowest BCUT2D eigenvalue weighted by Gasteiger charge is -2.49. The lowest BCUT2D eigenvalue weighted by molar-refractivity contribution is -0.0514. The Morgan fingerprint density at radius 1 is 0.905 bits per heavy atom. The zero-order valence-electron chi connectivity index (χ0n) is 23.2. The third-order valence-electron chi connectivity index (χ3n) is 8.34. The van der Waals surface area contributed by atoms with E-state index < -0.39 is 42.1 Å². The van der Waals surface area contributed by atoms with E-state index in [9.17, 15) is 15.3 Å². The van der Waals surface area contributed by atoms with Crippen LogP contribution in [0, 0.1) is 0 Å². The number of aliphatic hydroxyl groups is 3. The van der Waals surface area contributed by atoms with E-state index in [0.717, 1.165) is 16.7 Å². The molecule has 3 aliphatic rings. The second-order valence-electron chi connectivity index (χ2n) is 10.3. The van der Waals surface area contributed by atoms with E-state index in [0.29, 0.717) is 17.3 Å². The topological polar surface area (TPSA) is 155 Å². The number of methoxy groups -OCH3 is 2. The number of hydrogen-bond donors (Lipinski definition) is 4. The third-order valence-corrected chi connectivity index (χ3v) is 8.34. The first kappa shape index (κ1) is 27.9. The van der Waals surface area contributed by atoms with Gasteiger partial charge in [0.25, 0.3) is 0 Å². The fraction of sp³-hybridized carbons (Fsp3) is 0.323. The summed E-state index contributed by atoms with van der Waals surface area (Å²) >= 11 is 0. The van der Waals surface area contributed by atoms with E-state index in [1.807, 2.05) is 78.9 Å². The molecule has 0 spiro atoms. The molecule has 11 nitrogen and oxygen atoms in total. The number of rotatable bonds is 8. The first-order valence-corrected chi connectivity index (χ1v) is 13.6. The Morgan fingerprint density at radius 3 is 2.07 bits per heavy atom. The van der Waals surface area contributed by atoms with Crippen molar-refractivity contribution in [1.29, 1.82) is 0 Å². The van der Waals surface area contributed by atoms with Gasteiger partial charge in [0.05, 0.1) is 32.6 Å². The summed E-state index contributed by atoms with van der Waals surface area (Å²) in [7, 11) is 3.20. The number of nitrogens with two attached hydrogens (primary N) is 1. The molecule has 0 radical (unpaired) electrons. The Labute approximate surface area is 243 Å². The minimum Gasteiger partial charge on any atom is -0.496 e. The lowest BCUT2D eigenvalue weighted by Crippen LogP contribution is -2.67. The van der Waals surface area contributed by atoms with Gasteiger partial charge in [0.15, 0.2) is 11.8 Å². The highest BCUT2D eigenvalue weighted by molar-refractivity contribution is 6.23. The number of benzene rings is 3. The first-order valence-electron chi connectivity index (χ1n) is 13.6. The fourth-order valence-corrected chi connectivity index (χ4v) is 6.52. The molecule has 0 bridgehead atoms. The van der Waals surface area contributed by atoms with Crippen LogP contribution < -0.4 is 15.2 Å². The van der Waals surface area contributed by atoms with Gasteiger partial charge in [-0.25, -0.2) is 9.98 Å². The van der Waals surface area contributed by atoms with Crippen LogP contribution in [0.4, 0.5) is 0 Å². The average molecular weight is 572 g/mol. The molecule has 42 heavy (non-hydrogen) atoms. The van der Waals surface area contributed by atoms with E-state index in [1.54, 1.807) is 19.1 Å². The van der Waals surface area contributed by atoms with Crippen LogP contribution in [0.1, 0.15) is 16.7 Å². The Balaban J connectivity index is 1.72. The number of aliphatic hydroxyl groups excluding tert-OH is 3. The van der Waals surface area contributed by atoms with Crippen LogP contribution in [0.3, 0.4) is 0 Å². The molecule has 3 aliphatic heterocycles. The second kappa shape index (κ2) is 10.8. The van der Waals surface area contributed by atoms with Crippen molar-refractivity contribution in [2.24, 2.45) is 20.7 Å². The van der Waals surface area contributed by atoms with Crippen LogP contribution in [-0.2, 0) is 10.2 Å². The Hall–Kier alpha value is -4.29. The molecule has 6 rings (SSSR count). The quantitative estimate of drug-likeness (QED) is 0.295. The Bertz CT molecular complexity index is 1500. The van der Waals surface area contributed by atoms with Crippen LogP contribution in [0.15, 0.2) is 93.8 Å². The van der Waals surface area contributed by atoms with Gasteiger partial charge in [-0.15, -0.1) is 0 Å². The maximum absolute atomic E-state index is 11.0. The molecule has 218 valence electrons. The predicted molar refractivity (Wildman–Crippen MR) is 157 cm³/mol. The maximum atomic E-state index is 11.0. The van der Waals surface area contributed by atoms with Crippen molar-refractivity contribution in [3.63, 3.8) is 0 Å². The normalized spacial score (nSPS) is 26.9. The summed E-state index contributed by atoms with van der Waals surface area (Å²) in [4.78, 5) is 16.2. The van der Waals surface area contributed by atoms with Crippen LogP contribution >= 0.6 is 0 Å². The van der Waals surface area contributed by atoms with Gasteiger partial charge in [-0.2, -0.15) is 0 Å². The molecule has 0 aromatic heterocycles. The smallest absolute Gasteiger partial charge is 0.194 e. The van der Waals surface area contributed by atoms with Gasteiger partial charge in [0.1, 0.15) is 48.2 Å². The standard InChI is InChI=1S/C31H33N5O6/c1-40-22-14-8-6-12-20(22)30(19-10-4-3-5-11-19,21-13-7-9-15-23(21)41-2)31-28(32)33-17-34-29(31)36(18-35-31)27-26(39)25(38)24(16-37)42-27/h3-15,18,24-27,37-39H,16-17H2,1-2H3,(H2,32,33)/t24-,25-,26-,27-,31?/m1/s1. The van der Waals surface area contributed by atoms with Crippen molar-refractivity contribution in [3.8, 4) is 11.5 Å². The molecule has 1 fully saturated rings. The monoisotopic (exact) mass is 571 g/mol. The van der Waals surface area contributed by atoms with Crippen LogP contribution in [0.25, 0.3) is 0 Å². The molecule has 0 amide bonds. The Morgan fingerprint density at radius 2 is 1.50 bits per heavy atom. The molecule has 3 aromatic carbocycles. The highest BCUT2D eigenvalue weighted by Crippen LogP contribution is 2.57. The number of para-hydroxylation sites is 2. The number of hydrogen-bond acceptors (Lipinski definition) is 11. The zero-order valence-corrected chi connectivity index (χ0v) is 23.2. The molecule has 0 aliphatic carbocycles. The average Bonchev–Trinajstić information content (AvgIpc) is 3.57. The molecular formula is C31H33N5O6. The lowest BCUT2D eigenvalue weighted by atomic mass is 9.56. The van der Waals surface area contributed by atoms with E-state index in [2.05, 4.69) is 4.99 Å². The molecule has 1 unspecified atom stereocenters. The van der Waals surface area contributed by atoms with Crippen molar-refractivity contribution in [2.45, 2.75) is 35.5 Å². The summed E-state index contributed by atoms with van der Waals surface area (Å²) in [6.45, 7) is -0.461. The number of amidine groups is 2. The summed E-state index contributed by atoms with van der Waals surface area (Å²) in [5.41, 5.74) is 6.39.